The summed E-state index contributed by atoms with van der Waals surface area (Å²) in [4.78, 5) is 4.38. The van der Waals surface area contributed by atoms with Crippen LogP contribution < -0.4 is 9.47 Å². The van der Waals surface area contributed by atoms with E-state index in [1.165, 1.54) is 0 Å². The Balaban J connectivity index is 2.17. The molecule has 0 saturated heterocycles. The lowest BCUT2D eigenvalue weighted by molar-refractivity contribution is 0.174. The van der Waals surface area contributed by atoms with Crippen LogP contribution in [0.3, 0.4) is 0 Å². The van der Waals surface area contributed by atoms with E-state index in [1.807, 2.05) is 24.3 Å². The van der Waals surface area contributed by atoms with Crippen molar-refractivity contribution < 1.29 is 9.47 Å². The molecule has 1 aliphatic heterocycles. The first-order valence-electron chi connectivity index (χ1n) is 4.93. The fraction of sp³-hybridized carbons (Fsp3) is 0.167. The van der Waals surface area contributed by atoms with Gasteiger partial charge >= 0.3 is 0 Å². The van der Waals surface area contributed by atoms with Crippen molar-refractivity contribution >= 4 is 10.9 Å². The minimum Gasteiger partial charge on any atom is -0.454 e. The van der Waals surface area contributed by atoms with Crippen molar-refractivity contribution in [2.24, 2.45) is 0 Å². The van der Waals surface area contributed by atoms with Gasteiger partial charge in [0.25, 0.3) is 0 Å². The molecule has 0 N–H and O–H groups in total. The Hall–Kier alpha value is -2.28. The van der Waals surface area contributed by atoms with E-state index < -0.39 is 0 Å². The highest BCUT2D eigenvalue weighted by Crippen LogP contribution is 2.35. The van der Waals surface area contributed by atoms with Crippen LogP contribution in [0, 0.1) is 11.3 Å². The number of nitriles is 1. The monoisotopic (exact) mass is 212 g/mol. The molecule has 1 aromatic heterocycles. The van der Waals surface area contributed by atoms with E-state index in [2.05, 4.69) is 11.1 Å². The smallest absolute Gasteiger partial charge is 0.231 e. The van der Waals surface area contributed by atoms with Gasteiger partial charge in [-0.15, -0.1) is 0 Å². The Bertz CT molecular complexity index is 602. The Morgan fingerprint density at radius 1 is 1.25 bits per heavy atom. The molecule has 3 rings (SSSR count). The van der Waals surface area contributed by atoms with E-state index in [9.17, 15) is 0 Å². The molecular weight excluding hydrogens is 204 g/mol. The van der Waals surface area contributed by atoms with E-state index in [0.29, 0.717) is 12.2 Å². The second-order valence-corrected chi connectivity index (χ2v) is 3.54. The number of benzene rings is 1. The molecular formula is C12H8N2O2. The topological polar surface area (TPSA) is 55.1 Å². The van der Waals surface area contributed by atoms with Crippen molar-refractivity contribution in [1.82, 2.24) is 4.98 Å². The van der Waals surface area contributed by atoms with Gasteiger partial charge < -0.3 is 9.47 Å². The van der Waals surface area contributed by atoms with Crippen molar-refractivity contribution in [2.45, 2.75) is 6.42 Å². The number of ether oxygens (including phenoxy) is 2. The summed E-state index contributed by atoms with van der Waals surface area (Å²) in [6, 6.07) is 9.63. The SMILES string of the molecule is N#CCc1ccc2cc3c(cc2n1)OCO3. The Kier molecular flexibility index (Phi) is 1.90. The van der Waals surface area contributed by atoms with Crippen LogP contribution in [0.15, 0.2) is 24.3 Å². The highest BCUT2D eigenvalue weighted by molar-refractivity contribution is 5.83. The molecule has 0 bridgehead atoms. The standard InChI is InChI=1S/C12H8N2O2/c13-4-3-9-2-1-8-5-11-12(16-7-15-11)6-10(8)14-9/h1-2,5-6H,3,7H2. The van der Waals surface area contributed by atoms with Gasteiger partial charge in [-0.2, -0.15) is 5.26 Å². The third kappa shape index (κ3) is 1.34. The second-order valence-electron chi connectivity index (χ2n) is 3.54. The van der Waals surface area contributed by atoms with Gasteiger partial charge in [-0.25, -0.2) is 0 Å². The maximum Gasteiger partial charge on any atom is 0.231 e. The summed E-state index contributed by atoms with van der Waals surface area (Å²) in [7, 11) is 0. The van der Waals surface area contributed by atoms with Crippen LogP contribution >= 0.6 is 0 Å². The Labute approximate surface area is 92.0 Å². The molecule has 16 heavy (non-hydrogen) atoms. The van der Waals surface area contributed by atoms with Gasteiger partial charge in [0.05, 0.1) is 23.7 Å². The van der Waals surface area contributed by atoms with E-state index in [0.717, 1.165) is 22.3 Å². The molecule has 1 aromatic carbocycles. The first-order chi connectivity index (χ1) is 7.86. The fourth-order valence-corrected chi connectivity index (χ4v) is 1.73. The number of hydrogen-bond acceptors (Lipinski definition) is 4. The van der Waals surface area contributed by atoms with E-state index in [-0.39, 0.29) is 6.79 Å². The highest BCUT2D eigenvalue weighted by atomic mass is 16.7. The number of nitrogens with zero attached hydrogens (tertiary/aromatic N) is 2. The number of hydrogen-bond donors (Lipinski definition) is 0. The van der Waals surface area contributed by atoms with Crippen LogP contribution in [0.5, 0.6) is 11.5 Å². The summed E-state index contributed by atoms with van der Waals surface area (Å²) in [5.41, 5.74) is 1.60. The fourth-order valence-electron chi connectivity index (χ4n) is 1.73. The first-order valence-corrected chi connectivity index (χ1v) is 4.93. The van der Waals surface area contributed by atoms with Gasteiger partial charge in [-0.1, -0.05) is 6.07 Å². The number of fused-ring (bicyclic) bond motifs is 2. The first kappa shape index (κ1) is 8.98. The van der Waals surface area contributed by atoms with Crippen LogP contribution in [-0.2, 0) is 6.42 Å². The van der Waals surface area contributed by atoms with Crippen molar-refractivity contribution in [3.63, 3.8) is 0 Å². The average Bonchev–Trinajstić information content (AvgIpc) is 2.73. The molecule has 2 aromatic rings. The van der Waals surface area contributed by atoms with Gasteiger partial charge in [0.15, 0.2) is 11.5 Å². The quantitative estimate of drug-likeness (QED) is 0.725. The molecule has 0 radical (unpaired) electrons. The minimum absolute atomic E-state index is 0.261. The lowest BCUT2D eigenvalue weighted by Crippen LogP contribution is -1.92. The van der Waals surface area contributed by atoms with Gasteiger partial charge in [-0.05, 0) is 12.1 Å². The summed E-state index contributed by atoms with van der Waals surface area (Å²) in [6.07, 6.45) is 0.324. The number of rotatable bonds is 1. The van der Waals surface area contributed by atoms with E-state index in [4.69, 9.17) is 14.7 Å². The van der Waals surface area contributed by atoms with Crippen molar-refractivity contribution in [1.29, 1.82) is 5.26 Å². The number of aromatic nitrogens is 1. The molecule has 2 heterocycles. The molecule has 0 atom stereocenters. The Morgan fingerprint density at radius 3 is 2.88 bits per heavy atom. The molecule has 0 fully saturated rings. The van der Waals surface area contributed by atoms with Crippen molar-refractivity contribution in [3.05, 3.63) is 30.0 Å². The highest BCUT2D eigenvalue weighted by Gasteiger charge is 2.14. The maximum absolute atomic E-state index is 8.61. The summed E-state index contributed by atoms with van der Waals surface area (Å²) in [5.74, 6) is 1.47. The van der Waals surface area contributed by atoms with Gasteiger partial charge in [-0.3, -0.25) is 4.98 Å². The molecule has 4 heteroatoms. The van der Waals surface area contributed by atoms with Crippen LogP contribution in [0.1, 0.15) is 5.69 Å². The lowest BCUT2D eigenvalue weighted by atomic mass is 10.1. The van der Waals surface area contributed by atoms with E-state index >= 15 is 0 Å². The third-order valence-corrected chi connectivity index (χ3v) is 2.50. The molecule has 78 valence electrons. The van der Waals surface area contributed by atoms with Crippen LogP contribution in [-0.4, -0.2) is 11.8 Å². The zero-order valence-corrected chi connectivity index (χ0v) is 8.43. The molecule has 0 saturated carbocycles. The summed E-state index contributed by atoms with van der Waals surface area (Å²) in [5, 5.41) is 9.60. The van der Waals surface area contributed by atoms with Crippen LogP contribution in [0.2, 0.25) is 0 Å². The lowest BCUT2D eigenvalue weighted by Gasteiger charge is -2.01. The van der Waals surface area contributed by atoms with Gasteiger partial charge in [0.1, 0.15) is 0 Å². The molecule has 4 nitrogen and oxygen atoms in total. The van der Waals surface area contributed by atoms with Crippen LogP contribution in [0.25, 0.3) is 10.9 Å². The summed E-state index contributed by atoms with van der Waals surface area (Å²) < 4.78 is 10.6. The molecule has 0 spiro atoms. The molecule has 0 unspecified atom stereocenters. The molecule has 0 amide bonds. The summed E-state index contributed by atoms with van der Waals surface area (Å²) >= 11 is 0. The minimum atomic E-state index is 0.261. The summed E-state index contributed by atoms with van der Waals surface area (Å²) in [6.45, 7) is 0.261. The Morgan fingerprint density at radius 2 is 2.06 bits per heavy atom. The zero-order valence-electron chi connectivity index (χ0n) is 8.43. The van der Waals surface area contributed by atoms with Crippen molar-refractivity contribution in [3.8, 4) is 17.6 Å². The largest absolute Gasteiger partial charge is 0.454 e. The second kappa shape index (κ2) is 3.38. The molecule has 0 aliphatic carbocycles. The van der Waals surface area contributed by atoms with Gasteiger partial charge in [0.2, 0.25) is 6.79 Å². The van der Waals surface area contributed by atoms with E-state index in [1.54, 1.807) is 0 Å². The van der Waals surface area contributed by atoms with Crippen molar-refractivity contribution in [2.75, 3.05) is 6.79 Å². The third-order valence-electron chi connectivity index (χ3n) is 2.50. The predicted octanol–water partition coefficient (Wildman–Crippen LogP) is 2.03. The van der Waals surface area contributed by atoms with Gasteiger partial charge in [0, 0.05) is 11.5 Å². The zero-order chi connectivity index (χ0) is 11.0. The molecule has 1 aliphatic rings. The average molecular weight is 212 g/mol. The maximum atomic E-state index is 8.61. The number of pyridine rings is 1. The normalized spacial score (nSPS) is 12.7. The predicted molar refractivity (Wildman–Crippen MR) is 57.2 cm³/mol. The van der Waals surface area contributed by atoms with Crippen LogP contribution in [0.4, 0.5) is 0 Å².